The third kappa shape index (κ3) is 8.90. The van der Waals surface area contributed by atoms with Crippen LogP contribution in [0.5, 0.6) is 11.5 Å². The van der Waals surface area contributed by atoms with Crippen LogP contribution in [0.25, 0.3) is 0 Å². The summed E-state index contributed by atoms with van der Waals surface area (Å²) in [6.07, 6.45) is 0.242. The van der Waals surface area contributed by atoms with E-state index in [1.165, 1.54) is 17.0 Å². The number of hydrogen-bond acceptors (Lipinski definition) is 5. The summed E-state index contributed by atoms with van der Waals surface area (Å²) in [5.41, 5.74) is 1.92. The highest BCUT2D eigenvalue weighted by atomic mass is 79.9. The van der Waals surface area contributed by atoms with Crippen molar-refractivity contribution >= 4 is 43.5 Å². The first-order valence-electron chi connectivity index (χ1n) is 15.5. The maximum atomic E-state index is 14.5. The number of halogens is 1. The molecule has 5 rings (SSSR count). The fraction of sp³-hybridized carbons (Fsp3) is 0.158. The molecule has 0 aliphatic heterocycles. The summed E-state index contributed by atoms with van der Waals surface area (Å²) in [6, 6.07) is 39.7. The maximum absolute atomic E-state index is 14.5. The van der Waals surface area contributed by atoms with Crippen LogP contribution in [0, 0.1) is 0 Å². The lowest BCUT2D eigenvalue weighted by atomic mass is 10.0. The van der Waals surface area contributed by atoms with Gasteiger partial charge in [0.05, 0.1) is 10.6 Å². The monoisotopic (exact) mass is 725 g/mol. The Balaban J connectivity index is 1.53. The molecule has 0 fully saturated rings. The Hall–Kier alpha value is -4.93. The number of nitrogens with zero attached hydrogens (tertiary/aromatic N) is 2. The number of para-hydroxylation sites is 1. The first-order valence-corrected chi connectivity index (χ1v) is 17.7. The van der Waals surface area contributed by atoms with Gasteiger partial charge in [0.1, 0.15) is 24.1 Å². The van der Waals surface area contributed by atoms with Gasteiger partial charge in [-0.2, -0.15) is 0 Å². The van der Waals surface area contributed by atoms with Crippen LogP contribution in [0.3, 0.4) is 0 Å². The normalized spacial score (nSPS) is 11.7. The number of hydrogen-bond donors (Lipinski definition) is 1. The van der Waals surface area contributed by atoms with Gasteiger partial charge in [0, 0.05) is 24.0 Å². The SMILES string of the molecule is CCNC(=O)C(Cc1ccccc1)N(Cc1ccc(Br)cc1)C(=O)CN(c1ccc(Oc2ccccc2)cc1)S(=O)(=O)c1ccccc1. The highest BCUT2D eigenvalue weighted by Gasteiger charge is 2.34. The highest BCUT2D eigenvalue weighted by molar-refractivity contribution is 9.10. The number of likely N-dealkylation sites (N-methyl/N-ethyl adjacent to an activating group) is 1. The molecule has 5 aromatic carbocycles. The van der Waals surface area contributed by atoms with Crippen LogP contribution in [-0.4, -0.2) is 44.3 Å². The molecule has 8 nitrogen and oxygen atoms in total. The molecule has 0 aliphatic rings. The summed E-state index contributed by atoms with van der Waals surface area (Å²) in [5, 5.41) is 2.88. The first-order chi connectivity index (χ1) is 23.2. The highest BCUT2D eigenvalue weighted by Crippen LogP contribution is 2.29. The van der Waals surface area contributed by atoms with E-state index in [-0.39, 0.29) is 29.5 Å². The molecule has 10 heteroatoms. The van der Waals surface area contributed by atoms with Gasteiger partial charge in [0.2, 0.25) is 11.8 Å². The molecule has 0 aliphatic carbocycles. The molecule has 1 N–H and O–H groups in total. The minimum Gasteiger partial charge on any atom is -0.457 e. The van der Waals surface area contributed by atoms with Crippen molar-refractivity contribution in [2.75, 3.05) is 17.4 Å². The van der Waals surface area contributed by atoms with Crippen LogP contribution < -0.4 is 14.4 Å². The molecule has 246 valence electrons. The van der Waals surface area contributed by atoms with Gasteiger partial charge >= 0.3 is 0 Å². The number of carbonyl (C=O) groups excluding carboxylic acids is 2. The first kappa shape index (κ1) is 34.4. The topological polar surface area (TPSA) is 96.0 Å². The van der Waals surface area contributed by atoms with Gasteiger partial charge in [-0.15, -0.1) is 0 Å². The van der Waals surface area contributed by atoms with Crippen molar-refractivity contribution in [3.8, 4) is 11.5 Å². The third-order valence-electron chi connectivity index (χ3n) is 7.60. The fourth-order valence-electron chi connectivity index (χ4n) is 5.19. The van der Waals surface area contributed by atoms with E-state index >= 15 is 0 Å². The lowest BCUT2D eigenvalue weighted by Crippen LogP contribution is -2.53. The van der Waals surface area contributed by atoms with Crippen molar-refractivity contribution in [1.29, 1.82) is 0 Å². The molecule has 48 heavy (non-hydrogen) atoms. The van der Waals surface area contributed by atoms with Crippen molar-refractivity contribution < 1.29 is 22.7 Å². The molecule has 0 saturated heterocycles. The van der Waals surface area contributed by atoms with Gasteiger partial charge in [0.25, 0.3) is 10.0 Å². The van der Waals surface area contributed by atoms with Gasteiger partial charge in [-0.3, -0.25) is 13.9 Å². The van der Waals surface area contributed by atoms with Crippen LogP contribution in [0.2, 0.25) is 0 Å². The van der Waals surface area contributed by atoms with Crippen molar-refractivity contribution in [1.82, 2.24) is 10.2 Å². The zero-order valence-corrected chi connectivity index (χ0v) is 28.8. The number of carbonyl (C=O) groups is 2. The zero-order valence-electron chi connectivity index (χ0n) is 26.4. The predicted molar refractivity (Wildman–Crippen MR) is 191 cm³/mol. The Morgan fingerprint density at radius 1 is 0.729 bits per heavy atom. The zero-order chi connectivity index (χ0) is 33.9. The second kappa shape index (κ2) is 16.3. The van der Waals surface area contributed by atoms with E-state index in [0.717, 1.165) is 19.9 Å². The average molecular weight is 727 g/mol. The van der Waals surface area contributed by atoms with E-state index in [4.69, 9.17) is 4.74 Å². The standard InChI is InChI=1S/C38H36BrN3O5S/c1-2-40-38(44)36(26-29-12-6-3-7-13-29)41(27-30-18-20-31(39)21-19-30)37(43)28-42(48(45,46)35-16-10-5-11-17-35)32-22-24-34(25-23-32)47-33-14-8-4-9-15-33/h3-25,36H,2,26-28H2,1H3,(H,40,44). The number of ether oxygens (including phenoxy) is 1. The largest absolute Gasteiger partial charge is 0.457 e. The summed E-state index contributed by atoms with van der Waals surface area (Å²) in [7, 11) is -4.21. The van der Waals surface area contributed by atoms with Crippen molar-refractivity contribution in [3.63, 3.8) is 0 Å². The molecule has 0 saturated carbocycles. The Morgan fingerprint density at radius 2 is 1.29 bits per heavy atom. The number of amides is 2. The Bertz CT molecular complexity index is 1890. The number of anilines is 1. The Labute approximate surface area is 290 Å². The minimum atomic E-state index is -4.21. The molecular weight excluding hydrogens is 690 g/mol. The second-order valence-corrected chi connectivity index (χ2v) is 13.8. The van der Waals surface area contributed by atoms with Gasteiger partial charge in [-0.05, 0) is 78.7 Å². The number of benzene rings is 5. The summed E-state index contributed by atoms with van der Waals surface area (Å²) >= 11 is 3.46. The number of sulfonamides is 1. The van der Waals surface area contributed by atoms with E-state index in [1.54, 1.807) is 42.5 Å². The lowest BCUT2D eigenvalue weighted by Gasteiger charge is -2.34. The maximum Gasteiger partial charge on any atom is 0.264 e. The smallest absolute Gasteiger partial charge is 0.264 e. The Morgan fingerprint density at radius 3 is 1.90 bits per heavy atom. The van der Waals surface area contributed by atoms with E-state index in [9.17, 15) is 18.0 Å². The van der Waals surface area contributed by atoms with Crippen LogP contribution >= 0.6 is 15.9 Å². The second-order valence-electron chi connectivity index (χ2n) is 11.0. The molecule has 1 atom stereocenters. The molecule has 0 bridgehead atoms. The summed E-state index contributed by atoms with van der Waals surface area (Å²) in [6.45, 7) is 1.73. The van der Waals surface area contributed by atoms with Crippen LogP contribution in [0.15, 0.2) is 149 Å². The van der Waals surface area contributed by atoms with Crippen molar-refractivity contribution in [3.05, 3.63) is 155 Å². The van der Waals surface area contributed by atoms with Gasteiger partial charge in [-0.25, -0.2) is 8.42 Å². The molecule has 0 aromatic heterocycles. The molecule has 1 unspecified atom stereocenters. The molecule has 0 radical (unpaired) electrons. The third-order valence-corrected chi connectivity index (χ3v) is 9.92. The van der Waals surface area contributed by atoms with E-state index < -0.39 is 28.5 Å². The predicted octanol–water partition coefficient (Wildman–Crippen LogP) is 7.21. The van der Waals surface area contributed by atoms with Crippen LogP contribution in [0.4, 0.5) is 5.69 Å². The van der Waals surface area contributed by atoms with E-state index in [2.05, 4.69) is 21.2 Å². The molecule has 0 spiro atoms. The number of rotatable bonds is 14. The van der Waals surface area contributed by atoms with Crippen molar-refractivity contribution in [2.24, 2.45) is 0 Å². The van der Waals surface area contributed by atoms with E-state index in [0.29, 0.717) is 18.0 Å². The quantitative estimate of drug-likeness (QED) is 0.131. The summed E-state index contributed by atoms with van der Waals surface area (Å²) in [4.78, 5) is 29.7. The van der Waals surface area contributed by atoms with E-state index in [1.807, 2.05) is 91.9 Å². The molecule has 0 heterocycles. The van der Waals surface area contributed by atoms with Crippen molar-refractivity contribution in [2.45, 2.75) is 30.8 Å². The molecule has 2 amide bonds. The molecular formula is C38H36BrN3O5S. The number of nitrogens with one attached hydrogen (secondary N) is 1. The van der Waals surface area contributed by atoms with Crippen LogP contribution in [-0.2, 0) is 32.6 Å². The van der Waals surface area contributed by atoms with Crippen LogP contribution in [0.1, 0.15) is 18.1 Å². The summed E-state index contributed by atoms with van der Waals surface area (Å²) < 4.78 is 36.3. The van der Waals surface area contributed by atoms with Gasteiger partial charge in [-0.1, -0.05) is 94.8 Å². The fourth-order valence-corrected chi connectivity index (χ4v) is 6.89. The molecule has 5 aromatic rings. The van der Waals surface area contributed by atoms with Gasteiger partial charge < -0.3 is 15.0 Å². The summed E-state index contributed by atoms with van der Waals surface area (Å²) in [5.74, 6) is 0.276. The minimum absolute atomic E-state index is 0.0337. The lowest BCUT2D eigenvalue weighted by molar-refractivity contribution is -0.140. The Kier molecular flexibility index (Phi) is 11.7. The van der Waals surface area contributed by atoms with Gasteiger partial charge in [0.15, 0.2) is 0 Å². The average Bonchev–Trinajstić information content (AvgIpc) is 3.11.